The lowest BCUT2D eigenvalue weighted by Crippen LogP contribution is -1.91. The third-order valence-electron chi connectivity index (χ3n) is 2.19. The maximum Gasteiger partial charge on any atom is 0.156 e. The molecule has 16 heavy (non-hydrogen) atoms. The third-order valence-corrected chi connectivity index (χ3v) is 2.40. The molecule has 0 fully saturated rings. The highest BCUT2D eigenvalue weighted by molar-refractivity contribution is 6.29. The first kappa shape index (κ1) is 9.23. The van der Waals surface area contributed by atoms with Crippen molar-refractivity contribution in [1.82, 2.24) is 24.3 Å². The van der Waals surface area contributed by atoms with Gasteiger partial charge in [-0.25, -0.2) is 19.9 Å². The Labute approximate surface area is 95.8 Å². The van der Waals surface area contributed by atoms with E-state index in [1.807, 2.05) is 10.6 Å². The molecule has 3 rings (SSSR count). The van der Waals surface area contributed by atoms with Crippen molar-refractivity contribution in [3.63, 3.8) is 0 Å². The second-order valence-electron chi connectivity index (χ2n) is 3.23. The first-order valence-electron chi connectivity index (χ1n) is 4.58. The molecule has 0 aromatic carbocycles. The second-order valence-corrected chi connectivity index (χ2v) is 3.61. The maximum absolute atomic E-state index is 5.80. The van der Waals surface area contributed by atoms with Crippen LogP contribution in [0.25, 0.3) is 16.9 Å². The van der Waals surface area contributed by atoms with Gasteiger partial charge in [-0.3, -0.25) is 4.40 Å². The molecule has 5 nitrogen and oxygen atoms in total. The highest BCUT2D eigenvalue weighted by Gasteiger charge is 2.03. The summed E-state index contributed by atoms with van der Waals surface area (Å²) in [5.74, 6) is 0. The van der Waals surface area contributed by atoms with E-state index in [1.165, 1.54) is 6.33 Å². The predicted octanol–water partition coefficient (Wildman–Crippen LogP) is 1.84. The van der Waals surface area contributed by atoms with Gasteiger partial charge in [0.2, 0.25) is 0 Å². The van der Waals surface area contributed by atoms with Gasteiger partial charge in [0.05, 0.1) is 11.9 Å². The molecule has 0 aliphatic heterocycles. The summed E-state index contributed by atoms with van der Waals surface area (Å²) in [7, 11) is 0. The van der Waals surface area contributed by atoms with Crippen LogP contribution in [0.5, 0.6) is 0 Å². The first-order valence-corrected chi connectivity index (χ1v) is 4.96. The molecule has 0 amide bonds. The van der Waals surface area contributed by atoms with Crippen LogP contribution < -0.4 is 0 Å². The molecule has 3 aromatic heterocycles. The zero-order valence-corrected chi connectivity index (χ0v) is 8.83. The number of fused-ring (bicyclic) bond motifs is 1. The molecule has 0 saturated carbocycles. The van der Waals surface area contributed by atoms with Gasteiger partial charge in [-0.15, -0.1) is 0 Å². The summed E-state index contributed by atoms with van der Waals surface area (Å²) in [6.45, 7) is 0. The van der Waals surface area contributed by atoms with Crippen LogP contribution in [0.15, 0.2) is 37.3 Å². The van der Waals surface area contributed by atoms with Gasteiger partial charge in [0, 0.05) is 24.0 Å². The molecule has 3 heterocycles. The predicted molar refractivity (Wildman–Crippen MR) is 59.0 cm³/mol. The lowest BCUT2D eigenvalue weighted by Gasteiger charge is -2.00. The fraction of sp³-hybridized carbons (Fsp3) is 0. The van der Waals surface area contributed by atoms with E-state index in [0.29, 0.717) is 5.15 Å². The van der Waals surface area contributed by atoms with E-state index in [1.54, 1.807) is 24.8 Å². The van der Waals surface area contributed by atoms with Crippen molar-refractivity contribution in [2.45, 2.75) is 0 Å². The summed E-state index contributed by atoms with van der Waals surface area (Å²) in [5.41, 5.74) is 2.40. The smallest absolute Gasteiger partial charge is 0.156 e. The van der Waals surface area contributed by atoms with E-state index in [2.05, 4.69) is 19.9 Å². The first-order chi connectivity index (χ1) is 7.83. The van der Waals surface area contributed by atoms with Gasteiger partial charge in [-0.2, -0.15) is 0 Å². The van der Waals surface area contributed by atoms with Crippen LogP contribution in [0.3, 0.4) is 0 Å². The van der Waals surface area contributed by atoms with Crippen LogP contribution in [-0.2, 0) is 0 Å². The summed E-state index contributed by atoms with van der Waals surface area (Å²) >= 11 is 5.80. The molecule has 0 saturated heterocycles. The fourth-order valence-electron chi connectivity index (χ4n) is 1.44. The van der Waals surface area contributed by atoms with Crippen molar-refractivity contribution in [2.75, 3.05) is 0 Å². The summed E-state index contributed by atoms with van der Waals surface area (Å²) < 4.78 is 1.82. The van der Waals surface area contributed by atoms with Crippen LogP contribution in [0, 0.1) is 0 Å². The number of rotatable bonds is 1. The minimum atomic E-state index is 0.413. The Morgan fingerprint density at radius 3 is 2.94 bits per heavy atom. The molecule has 0 aliphatic carbocycles. The van der Waals surface area contributed by atoms with Crippen LogP contribution in [0.1, 0.15) is 0 Å². The lowest BCUT2D eigenvalue weighted by molar-refractivity contribution is 1.10. The van der Waals surface area contributed by atoms with E-state index >= 15 is 0 Å². The van der Waals surface area contributed by atoms with E-state index in [4.69, 9.17) is 11.6 Å². The number of halogens is 1. The summed E-state index contributed by atoms with van der Waals surface area (Å²) in [6.07, 6.45) is 8.44. The van der Waals surface area contributed by atoms with Crippen molar-refractivity contribution in [3.8, 4) is 11.3 Å². The number of nitrogens with zero attached hydrogens (tertiary/aromatic N) is 5. The van der Waals surface area contributed by atoms with Gasteiger partial charge >= 0.3 is 0 Å². The van der Waals surface area contributed by atoms with Gasteiger partial charge in [-0.1, -0.05) is 11.6 Å². The van der Waals surface area contributed by atoms with Crippen molar-refractivity contribution < 1.29 is 0 Å². The second kappa shape index (κ2) is 3.53. The van der Waals surface area contributed by atoms with Crippen LogP contribution in [0.4, 0.5) is 0 Å². The highest BCUT2D eigenvalue weighted by Crippen LogP contribution is 2.17. The molecule has 0 atom stereocenters. The Morgan fingerprint density at radius 2 is 2.06 bits per heavy atom. The quantitative estimate of drug-likeness (QED) is 0.600. The van der Waals surface area contributed by atoms with E-state index in [-0.39, 0.29) is 0 Å². The lowest BCUT2D eigenvalue weighted by atomic mass is 10.2. The highest BCUT2D eigenvalue weighted by atomic mass is 35.5. The average molecular weight is 232 g/mol. The summed E-state index contributed by atoms with van der Waals surface area (Å²) in [6, 6.07) is 1.70. The van der Waals surface area contributed by atoms with Gasteiger partial charge in [-0.05, 0) is 0 Å². The molecule has 3 aromatic rings. The molecule has 0 unspecified atom stereocenters. The average Bonchev–Trinajstić information content (AvgIpc) is 2.75. The molecule has 0 N–H and O–H groups in total. The molecule has 0 aliphatic rings. The Balaban J connectivity index is 2.18. The summed E-state index contributed by atoms with van der Waals surface area (Å²) in [5, 5.41) is 0.413. The Hall–Kier alpha value is -2.01. The molecule has 6 heteroatoms. The number of aromatic nitrogens is 5. The van der Waals surface area contributed by atoms with Crippen molar-refractivity contribution in [3.05, 3.63) is 42.5 Å². The number of hydrogen-bond donors (Lipinski definition) is 0. The molecular weight excluding hydrogens is 226 g/mol. The Kier molecular flexibility index (Phi) is 2.04. The minimum Gasteiger partial charge on any atom is -0.290 e. The van der Waals surface area contributed by atoms with Crippen molar-refractivity contribution in [2.24, 2.45) is 0 Å². The zero-order chi connectivity index (χ0) is 11.0. The Morgan fingerprint density at radius 1 is 1.12 bits per heavy atom. The van der Waals surface area contributed by atoms with E-state index in [9.17, 15) is 0 Å². The fourth-order valence-corrected chi connectivity index (χ4v) is 1.59. The molecular formula is C10H6ClN5. The van der Waals surface area contributed by atoms with E-state index in [0.717, 1.165) is 16.9 Å². The van der Waals surface area contributed by atoms with Crippen LogP contribution in [-0.4, -0.2) is 24.3 Å². The summed E-state index contributed by atoms with van der Waals surface area (Å²) in [4.78, 5) is 16.2. The SMILES string of the molecule is Clc1cc(-c2cnc3cncn3c2)ncn1. The largest absolute Gasteiger partial charge is 0.290 e. The maximum atomic E-state index is 5.80. The Bertz CT molecular complexity index is 648. The third kappa shape index (κ3) is 1.51. The standard InChI is InChI=1S/C10H6ClN5/c11-9-1-8(14-5-15-9)7-2-13-10-3-12-6-16(10)4-7/h1-6H. The van der Waals surface area contributed by atoms with Crippen molar-refractivity contribution in [1.29, 1.82) is 0 Å². The van der Waals surface area contributed by atoms with E-state index < -0.39 is 0 Å². The number of hydrogen-bond acceptors (Lipinski definition) is 4. The normalized spacial score (nSPS) is 10.8. The molecule has 0 bridgehead atoms. The molecule has 78 valence electrons. The number of imidazole rings is 1. The van der Waals surface area contributed by atoms with Crippen LogP contribution >= 0.6 is 11.6 Å². The van der Waals surface area contributed by atoms with Crippen molar-refractivity contribution >= 4 is 17.2 Å². The minimum absolute atomic E-state index is 0.413. The zero-order valence-electron chi connectivity index (χ0n) is 8.08. The topological polar surface area (TPSA) is 56.0 Å². The monoisotopic (exact) mass is 231 g/mol. The van der Waals surface area contributed by atoms with Gasteiger partial charge in [0.15, 0.2) is 5.65 Å². The van der Waals surface area contributed by atoms with Crippen LogP contribution in [0.2, 0.25) is 5.15 Å². The van der Waals surface area contributed by atoms with Gasteiger partial charge in [0.1, 0.15) is 17.8 Å². The molecule has 0 radical (unpaired) electrons. The van der Waals surface area contributed by atoms with Gasteiger partial charge < -0.3 is 0 Å². The molecule has 0 spiro atoms. The van der Waals surface area contributed by atoms with Gasteiger partial charge in [0.25, 0.3) is 0 Å².